The first-order chi connectivity index (χ1) is 13.9. The van der Waals surface area contributed by atoms with Crippen LogP contribution in [-0.4, -0.2) is 15.5 Å². The van der Waals surface area contributed by atoms with Crippen LogP contribution in [0.2, 0.25) is 0 Å². The number of carbonyl (C=O) groups excluding carboxylic acids is 1. The Bertz CT molecular complexity index is 1320. The zero-order chi connectivity index (χ0) is 20.5. The Hall–Kier alpha value is -3.87. The highest BCUT2D eigenvalue weighted by Gasteiger charge is 2.14. The third-order valence-corrected chi connectivity index (χ3v) is 4.48. The predicted octanol–water partition coefficient (Wildman–Crippen LogP) is 4.22. The summed E-state index contributed by atoms with van der Waals surface area (Å²) < 4.78 is 28.3. The molecule has 1 heterocycles. The second kappa shape index (κ2) is 7.27. The highest BCUT2D eigenvalue weighted by atomic mass is 19.1. The van der Waals surface area contributed by atoms with Gasteiger partial charge in [0.2, 0.25) is 0 Å². The first kappa shape index (κ1) is 18.5. The molecule has 0 bridgehead atoms. The first-order valence-electron chi connectivity index (χ1n) is 8.79. The van der Waals surface area contributed by atoms with Crippen molar-refractivity contribution in [1.29, 1.82) is 0 Å². The number of halogens is 2. The van der Waals surface area contributed by atoms with E-state index in [2.05, 4.69) is 10.3 Å². The van der Waals surface area contributed by atoms with E-state index in [9.17, 15) is 18.4 Å². The van der Waals surface area contributed by atoms with E-state index < -0.39 is 17.5 Å². The maximum atomic E-state index is 13.8. The fourth-order valence-electron chi connectivity index (χ4n) is 3.14. The van der Waals surface area contributed by atoms with Gasteiger partial charge in [-0.2, -0.15) is 0 Å². The molecule has 4 rings (SSSR count). The Morgan fingerprint density at radius 2 is 1.79 bits per heavy atom. The minimum absolute atomic E-state index is 0.235. The van der Waals surface area contributed by atoms with Crippen molar-refractivity contribution in [2.45, 2.75) is 6.92 Å². The van der Waals surface area contributed by atoms with Crippen molar-refractivity contribution < 1.29 is 13.6 Å². The van der Waals surface area contributed by atoms with Gasteiger partial charge in [-0.15, -0.1) is 0 Å². The molecule has 0 atom stereocenters. The van der Waals surface area contributed by atoms with E-state index in [4.69, 9.17) is 0 Å². The zero-order valence-corrected chi connectivity index (χ0v) is 15.3. The molecular weight excluding hydrogens is 376 g/mol. The van der Waals surface area contributed by atoms with E-state index in [1.54, 1.807) is 49.4 Å². The maximum absolute atomic E-state index is 13.8. The highest BCUT2D eigenvalue weighted by Crippen LogP contribution is 2.18. The van der Waals surface area contributed by atoms with Crippen molar-refractivity contribution in [2.24, 2.45) is 0 Å². The molecule has 1 aromatic heterocycles. The molecule has 4 aromatic rings. The van der Waals surface area contributed by atoms with E-state index in [1.807, 2.05) is 6.07 Å². The van der Waals surface area contributed by atoms with Crippen LogP contribution in [-0.2, 0) is 0 Å². The number of anilines is 1. The second-order valence-corrected chi connectivity index (χ2v) is 6.45. The van der Waals surface area contributed by atoms with E-state index >= 15 is 0 Å². The summed E-state index contributed by atoms with van der Waals surface area (Å²) in [7, 11) is 0. The number of para-hydroxylation sites is 1. The van der Waals surface area contributed by atoms with Crippen LogP contribution in [0.5, 0.6) is 0 Å². The molecule has 1 amide bonds. The second-order valence-electron chi connectivity index (χ2n) is 6.45. The van der Waals surface area contributed by atoms with Crippen molar-refractivity contribution >= 4 is 22.5 Å². The smallest absolute Gasteiger partial charge is 0.265 e. The molecule has 29 heavy (non-hydrogen) atoms. The van der Waals surface area contributed by atoms with Gasteiger partial charge in [-0.1, -0.05) is 18.2 Å². The largest absolute Gasteiger partial charge is 0.322 e. The van der Waals surface area contributed by atoms with Crippen molar-refractivity contribution in [2.75, 3.05) is 5.32 Å². The number of rotatable bonds is 3. The van der Waals surface area contributed by atoms with Crippen LogP contribution >= 0.6 is 0 Å². The van der Waals surface area contributed by atoms with E-state index in [-0.39, 0.29) is 11.1 Å². The number of nitrogens with zero attached hydrogens (tertiary/aromatic N) is 2. The SMILES string of the molecule is Cc1nc2ccccc2c(=O)n1-c1cccc(NC(=O)c2ccc(F)cc2F)c1. The minimum atomic E-state index is -0.954. The number of aryl methyl sites for hydroxylation is 1. The molecule has 0 spiro atoms. The lowest BCUT2D eigenvalue weighted by Gasteiger charge is -2.13. The number of aromatic nitrogens is 2. The van der Waals surface area contributed by atoms with Crippen LogP contribution in [0.1, 0.15) is 16.2 Å². The van der Waals surface area contributed by atoms with Gasteiger partial charge < -0.3 is 5.32 Å². The topological polar surface area (TPSA) is 64.0 Å². The molecule has 7 heteroatoms. The number of hydrogen-bond donors (Lipinski definition) is 1. The normalized spacial score (nSPS) is 10.9. The van der Waals surface area contributed by atoms with Crippen LogP contribution < -0.4 is 10.9 Å². The number of fused-ring (bicyclic) bond motifs is 1. The minimum Gasteiger partial charge on any atom is -0.322 e. The molecular formula is C22H15F2N3O2. The van der Waals surface area contributed by atoms with Crippen LogP contribution in [0.3, 0.4) is 0 Å². The molecule has 0 aliphatic heterocycles. The van der Waals surface area contributed by atoms with Crippen molar-refractivity contribution in [3.63, 3.8) is 0 Å². The molecule has 3 aromatic carbocycles. The molecule has 0 unspecified atom stereocenters. The van der Waals surface area contributed by atoms with Crippen LogP contribution in [0.25, 0.3) is 16.6 Å². The van der Waals surface area contributed by atoms with Gasteiger partial charge in [0.1, 0.15) is 17.5 Å². The summed E-state index contributed by atoms with van der Waals surface area (Å²) >= 11 is 0. The van der Waals surface area contributed by atoms with Gasteiger partial charge in [0.25, 0.3) is 11.5 Å². The summed E-state index contributed by atoms with van der Waals surface area (Å²) in [5, 5.41) is 3.04. The molecule has 1 N–H and O–H groups in total. The number of nitrogens with one attached hydrogen (secondary N) is 1. The molecule has 0 aliphatic rings. The maximum Gasteiger partial charge on any atom is 0.265 e. The number of benzene rings is 3. The van der Waals surface area contributed by atoms with E-state index in [1.165, 1.54) is 4.57 Å². The zero-order valence-electron chi connectivity index (χ0n) is 15.3. The number of carbonyl (C=O) groups is 1. The molecule has 0 aliphatic carbocycles. The molecule has 5 nitrogen and oxygen atoms in total. The Morgan fingerprint density at radius 1 is 1.00 bits per heavy atom. The Morgan fingerprint density at radius 3 is 2.59 bits per heavy atom. The molecule has 0 saturated heterocycles. The van der Waals surface area contributed by atoms with Gasteiger partial charge in [-0.05, 0) is 49.4 Å². The summed E-state index contributed by atoms with van der Waals surface area (Å²) in [5.74, 6) is -1.95. The summed E-state index contributed by atoms with van der Waals surface area (Å²) in [6.45, 7) is 1.72. The lowest BCUT2D eigenvalue weighted by atomic mass is 10.2. The standard InChI is InChI=1S/C22H15F2N3O2/c1-13-25-20-8-3-2-7-18(20)22(29)27(13)16-6-4-5-15(12-16)26-21(28)17-10-9-14(23)11-19(17)24/h2-12H,1H3,(H,26,28). The van der Waals surface area contributed by atoms with Gasteiger partial charge in [0, 0.05) is 11.8 Å². The third kappa shape index (κ3) is 3.50. The number of hydrogen-bond acceptors (Lipinski definition) is 3. The molecule has 0 fully saturated rings. The molecule has 144 valence electrons. The molecule has 0 saturated carbocycles. The van der Waals surface area contributed by atoms with Gasteiger partial charge in [0.15, 0.2) is 0 Å². The number of amides is 1. The lowest BCUT2D eigenvalue weighted by molar-refractivity contribution is 0.102. The average molecular weight is 391 g/mol. The Kier molecular flexibility index (Phi) is 4.64. The van der Waals surface area contributed by atoms with E-state index in [0.29, 0.717) is 34.2 Å². The fourth-order valence-corrected chi connectivity index (χ4v) is 3.14. The first-order valence-corrected chi connectivity index (χ1v) is 8.79. The lowest BCUT2D eigenvalue weighted by Crippen LogP contribution is -2.22. The van der Waals surface area contributed by atoms with Gasteiger partial charge in [0.05, 0.1) is 22.2 Å². The summed E-state index contributed by atoms with van der Waals surface area (Å²) in [6, 6.07) is 16.3. The van der Waals surface area contributed by atoms with Crippen molar-refractivity contribution in [1.82, 2.24) is 9.55 Å². The van der Waals surface area contributed by atoms with Crippen molar-refractivity contribution in [3.05, 3.63) is 100 Å². The van der Waals surface area contributed by atoms with Gasteiger partial charge >= 0.3 is 0 Å². The summed E-state index contributed by atoms with van der Waals surface area (Å²) in [5.41, 5.74) is 0.944. The monoisotopic (exact) mass is 391 g/mol. The van der Waals surface area contributed by atoms with Crippen LogP contribution in [0.4, 0.5) is 14.5 Å². The fraction of sp³-hybridized carbons (Fsp3) is 0.0455. The van der Waals surface area contributed by atoms with Crippen molar-refractivity contribution in [3.8, 4) is 5.69 Å². The Balaban J connectivity index is 1.72. The average Bonchev–Trinajstić information content (AvgIpc) is 2.68. The van der Waals surface area contributed by atoms with Crippen LogP contribution in [0, 0.1) is 18.6 Å². The summed E-state index contributed by atoms with van der Waals surface area (Å²) in [6.07, 6.45) is 0. The summed E-state index contributed by atoms with van der Waals surface area (Å²) in [4.78, 5) is 29.7. The van der Waals surface area contributed by atoms with E-state index in [0.717, 1.165) is 12.1 Å². The van der Waals surface area contributed by atoms with Crippen LogP contribution in [0.15, 0.2) is 71.5 Å². The van der Waals surface area contributed by atoms with Gasteiger partial charge in [-0.25, -0.2) is 13.8 Å². The molecule has 0 radical (unpaired) electrons. The third-order valence-electron chi connectivity index (χ3n) is 4.48. The highest BCUT2D eigenvalue weighted by molar-refractivity contribution is 6.04. The quantitative estimate of drug-likeness (QED) is 0.569. The van der Waals surface area contributed by atoms with Gasteiger partial charge in [-0.3, -0.25) is 14.2 Å². The predicted molar refractivity (Wildman–Crippen MR) is 106 cm³/mol. The Labute approximate surface area is 164 Å².